The Morgan fingerprint density at radius 1 is 1.69 bits per heavy atom. The highest BCUT2D eigenvalue weighted by Crippen LogP contribution is 2.36. The summed E-state index contributed by atoms with van der Waals surface area (Å²) in [6.07, 6.45) is -2.03. The number of nitro groups is 1. The van der Waals surface area contributed by atoms with Crippen LogP contribution in [0.15, 0.2) is 6.20 Å². The van der Waals surface area contributed by atoms with Gasteiger partial charge in [-0.25, -0.2) is 8.78 Å². The molecule has 0 radical (unpaired) electrons. The molecule has 1 rings (SSSR count). The summed E-state index contributed by atoms with van der Waals surface area (Å²) in [4.78, 5) is 13.1. The molecule has 0 aromatic carbocycles. The topological polar surface area (TPSA) is 65.3 Å². The number of rotatable bonds is 4. The fourth-order valence-electron chi connectivity index (χ4n) is 1.23. The second kappa shape index (κ2) is 5.02. The van der Waals surface area contributed by atoms with E-state index in [0.29, 0.717) is 0 Å². The van der Waals surface area contributed by atoms with Crippen LogP contribution >= 0.6 is 11.6 Å². The molecule has 0 aliphatic rings. The number of hydrogen-bond acceptors (Lipinski definition) is 4. The van der Waals surface area contributed by atoms with Crippen molar-refractivity contribution < 1.29 is 18.4 Å². The smallest absolute Gasteiger partial charge is 0.368 e. The summed E-state index contributed by atoms with van der Waals surface area (Å²) in [5.41, 5.74) is -0.903. The van der Waals surface area contributed by atoms with Gasteiger partial charge in [0.1, 0.15) is 0 Å². The van der Waals surface area contributed by atoms with Crippen molar-refractivity contribution in [2.24, 2.45) is 0 Å². The average molecular weight is 253 g/mol. The van der Waals surface area contributed by atoms with Crippen molar-refractivity contribution in [1.82, 2.24) is 4.98 Å². The third kappa shape index (κ3) is 2.19. The van der Waals surface area contributed by atoms with Gasteiger partial charge in [-0.15, -0.1) is 11.6 Å². The van der Waals surface area contributed by atoms with E-state index in [1.54, 1.807) is 0 Å². The average Bonchev–Trinajstić information content (AvgIpc) is 2.26. The predicted molar refractivity (Wildman–Crippen MR) is 52.0 cm³/mol. The highest BCUT2D eigenvalue weighted by molar-refractivity contribution is 6.17. The number of pyridine rings is 1. The number of nitrogens with zero attached hydrogens (tertiary/aromatic N) is 2. The van der Waals surface area contributed by atoms with Crippen LogP contribution in [0.1, 0.15) is 17.6 Å². The molecule has 0 aliphatic carbocycles. The van der Waals surface area contributed by atoms with E-state index in [0.717, 1.165) is 6.20 Å². The van der Waals surface area contributed by atoms with Gasteiger partial charge in [0.15, 0.2) is 11.9 Å². The highest BCUT2D eigenvalue weighted by Gasteiger charge is 2.28. The largest absolute Gasteiger partial charge is 0.492 e. The molecule has 0 amide bonds. The Hall–Kier alpha value is -1.50. The molecular formula is C8H7ClF2N2O3. The van der Waals surface area contributed by atoms with E-state index >= 15 is 0 Å². The Morgan fingerprint density at radius 3 is 2.69 bits per heavy atom. The monoisotopic (exact) mass is 252 g/mol. The third-order valence-electron chi connectivity index (χ3n) is 1.91. The van der Waals surface area contributed by atoms with Crippen LogP contribution in [0.3, 0.4) is 0 Å². The van der Waals surface area contributed by atoms with Crippen LogP contribution in [-0.2, 0) is 5.88 Å². The molecule has 1 aromatic rings. The minimum Gasteiger partial charge on any atom is -0.492 e. The van der Waals surface area contributed by atoms with Gasteiger partial charge in [-0.2, -0.15) is 0 Å². The molecule has 8 heteroatoms. The molecule has 1 aromatic heterocycles. The Bertz CT molecular complexity index is 415. The van der Waals surface area contributed by atoms with Crippen LogP contribution in [0.25, 0.3) is 0 Å². The van der Waals surface area contributed by atoms with Gasteiger partial charge in [0.25, 0.3) is 6.43 Å². The van der Waals surface area contributed by atoms with Crippen LogP contribution in [0.5, 0.6) is 5.75 Å². The van der Waals surface area contributed by atoms with Crippen molar-refractivity contribution in [3.8, 4) is 5.75 Å². The summed E-state index contributed by atoms with van der Waals surface area (Å²) in [5.74, 6) is -1.32. The van der Waals surface area contributed by atoms with Gasteiger partial charge in [0, 0.05) is 0 Å². The van der Waals surface area contributed by atoms with Gasteiger partial charge < -0.3 is 14.9 Å². The zero-order valence-corrected chi connectivity index (χ0v) is 8.87. The molecule has 0 atom stereocenters. The first kappa shape index (κ1) is 12.6. The number of hydrogen-bond donors (Lipinski definition) is 0. The van der Waals surface area contributed by atoms with Crippen molar-refractivity contribution in [3.63, 3.8) is 0 Å². The Balaban J connectivity index is 3.49. The number of halogens is 3. The fourth-order valence-corrected chi connectivity index (χ4v) is 1.49. The lowest BCUT2D eigenvalue weighted by atomic mass is 10.1. The van der Waals surface area contributed by atoms with E-state index in [2.05, 4.69) is 9.72 Å². The van der Waals surface area contributed by atoms with Gasteiger partial charge in [0.05, 0.1) is 24.1 Å². The van der Waals surface area contributed by atoms with Crippen LogP contribution in [0, 0.1) is 10.1 Å². The summed E-state index contributed by atoms with van der Waals surface area (Å²) in [6, 6.07) is 0. The SMILES string of the molecule is COc1cnc([N+](=O)[O-])c(CCl)c1C(F)F. The van der Waals surface area contributed by atoms with Crippen molar-refractivity contribution in [3.05, 3.63) is 27.4 Å². The minimum atomic E-state index is -2.91. The second-order valence-electron chi connectivity index (χ2n) is 2.73. The lowest BCUT2D eigenvalue weighted by molar-refractivity contribution is -0.390. The lowest BCUT2D eigenvalue weighted by Crippen LogP contribution is -2.04. The van der Waals surface area contributed by atoms with E-state index in [9.17, 15) is 18.9 Å². The standard InChI is InChI=1S/C8H7ClF2N2O3/c1-16-5-3-12-8(13(14)15)4(2-9)6(5)7(10)11/h3,7H,2H2,1H3. The molecule has 0 N–H and O–H groups in total. The van der Waals surface area contributed by atoms with E-state index in [4.69, 9.17) is 11.6 Å². The maximum atomic E-state index is 12.7. The van der Waals surface area contributed by atoms with Crippen molar-refractivity contribution in [1.29, 1.82) is 0 Å². The molecule has 5 nitrogen and oxygen atoms in total. The van der Waals surface area contributed by atoms with Gasteiger partial charge in [-0.05, 0) is 9.91 Å². The first-order valence-corrected chi connectivity index (χ1v) is 4.60. The summed E-state index contributed by atoms with van der Waals surface area (Å²) in [7, 11) is 1.17. The van der Waals surface area contributed by atoms with Crippen LogP contribution in [0.4, 0.5) is 14.6 Å². The minimum absolute atomic E-state index is 0.212. The van der Waals surface area contributed by atoms with Gasteiger partial charge in [-0.1, -0.05) is 0 Å². The van der Waals surface area contributed by atoms with Gasteiger partial charge in [-0.3, -0.25) is 0 Å². The van der Waals surface area contributed by atoms with Gasteiger partial charge in [0.2, 0.25) is 0 Å². The van der Waals surface area contributed by atoms with Crippen molar-refractivity contribution in [2.75, 3.05) is 7.11 Å². The van der Waals surface area contributed by atoms with Crippen LogP contribution in [0.2, 0.25) is 0 Å². The summed E-state index contributed by atoms with van der Waals surface area (Å²) >= 11 is 5.42. The fraction of sp³-hybridized carbons (Fsp3) is 0.375. The molecule has 0 bridgehead atoms. The molecule has 0 saturated heterocycles. The summed E-state index contributed by atoms with van der Waals surface area (Å²) in [5, 5.41) is 10.6. The maximum absolute atomic E-state index is 12.7. The molecular weight excluding hydrogens is 246 g/mol. The van der Waals surface area contributed by atoms with Gasteiger partial charge >= 0.3 is 5.82 Å². The lowest BCUT2D eigenvalue weighted by Gasteiger charge is -2.09. The number of ether oxygens (including phenoxy) is 1. The first-order valence-electron chi connectivity index (χ1n) is 4.07. The zero-order chi connectivity index (χ0) is 12.3. The summed E-state index contributed by atoms with van der Waals surface area (Å²) < 4.78 is 30.1. The van der Waals surface area contributed by atoms with Crippen molar-refractivity contribution in [2.45, 2.75) is 12.3 Å². The quantitative estimate of drug-likeness (QED) is 0.469. The van der Waals surface area contributed by atoms with Crippen molar-refractivity contribution >= 4 is 17.4 Å². The molecule has 1 heterocycles. The normalized spacial score (nSPS) is 10.6. The zero-order valence-electron chi connectivity index (χ0n) is 8.11. The highest BCUT2D eigenvalue weighted by atomic mass is 35.5. The molecule has 0 saturated carbocycles. The predicted octanol–water partition coefficient (Wildman–Crippen LogP) is 2.67. The Labute approximate surface area is 94.1 Å². The second-order valence-corrected chi connectivity index (χ2v) is 3.00. The Morgan fingerprint density at radius 2 is 2.31 bits per heavy atom. The number of aromatic nitrogens is 1. The van der Waals surface area contributed by atoms with E-state index in [1.807, 2.05) is 0 Å². The molecule has 88 valence electrons. The molecule has 0 unspecified atom stereocenters. The molecule has 0 aliphatic heterocycles. The molecule has 0 spiro atoms. The maximum Gasteiger partial charge on any atom is 0.368 e. The van der Waals surface area contributed by atoms with E-state index in [1.165, 1.54) is 7.11 Å². The van der Waals surface area contributed by atoms with Crippen LogP contribution in [-0.4, -0.2) is 17.0 Å². The number of methoxy groups -OCH3 is 1. The number of alkyl halides is 3. The molecule has 16 heavy (non-hydrogen) atoms. The third-order valence-corrected chi connectivity index (χ3v) is 2.18. The van der Waals surface area contributed by atoms with E-state index < -0.39 is 28.6 Å². The molecule has 0 fully saturated rings. The van der Waals surface area contributed by atoms with E-state index in [-0.39, 0.29) is 11.3 Å². The summed E-state index contributed by atoms with van der Waals surface area (Å²) in [6.45, 7) is 0. The van der Waals surface area contributed by atoms with Crippen LogP contribution < -0.4 is 4.74 Å². The Kier molecular flexibility index (Phi) is 3.94. The first-order chi connectivity index (χ1) is 7.52.